The minimum atomic E-state index is -0.112. The topological polar surface area (TPSA) is 77.2 Å². The largest absolute Gasteiger partial charge is 0.493 e. The van der Waals surface area contributed by atoms with Gasteiger partial charge in [-0.1, -0.05) is 0 Å². The predicted octanol–water partition coefficient (Wildman–Crippen LogP) is 2.31. The molecular formula is C13H15N3O2S. The number of anilines is 2. The molecule has 0 unspecified atom stereocenters. The van der Waals surface area contributed by atoms with Crippen molar-refractivity contribution in [2.45, 2.75) is 13.3 Å². The Kier molecular flexibility index (Phi) is 4.35. The quantitative estimate of drug-likeness (QED) is 0.822. The van der Waals surface area contributed by atoms with Crippen LogP contribution in [0.5, 0.6) is 5.75 Å². The zero-order valence-electron chi connectivity index (χ0n) is 10.6. The molecule has 0 saturated carbocycles. The number of aromatic nitrogens is 1. The summed E-state index contributed by atoms with van der Waals surface area (Å²) in [5.74, 6) is 0.672. The first-order valence-corrected chi connectivity index (χ1v) is 6.72. The third kappa shape index (κ3) is 4.26. The van der Waals surface area contributed by atoms with Crippen molar-refractivity contribution in [3.63, 3.8) is 0 Å². The fourth-order valence-electron chi connectivity index (χ4n) is 1.47. The number of carbonyl (C=O) groups excluding carboxylic acids is 1. The number of hydrogen-bond acceptors (Lipinski definition) is 5. The summed E-state index contributed by atoms with van der Waals surface area (Å²) in [6, 6.07) is 7.26. The lowest BCUT2D eigenvalue weighted by Crippen LogP contribution is -2.06. The summed E-state index contributed by atoms with van der Waals surface area (Å²) in [7, 11) is 0. The smallest absolute Gasteiger partial charge is 0.223 e. The molecule has 0 aliphatic carbocycles. The van der Waals surface area contributed by atoms with E-state index in [0.29, 0.717) is 23.8 Å². The van der Waals surface area contributed by atoms with Crippen molar-refractivity contribution in [1.29, 1.82) is 0 Å². The second-order valence-electron chi connectivity index (χ2n) is 3.99. The fourth-order valence-corrected chi connectivity index (χ4v) is 2.26. The lowest BCUT2D eigenvalue weighted by atomic mass is 10.3. The highest BCUT2D eigenvalue weighted by Gasteiger charge is 2.03. The van der Waals surface area contributed by atoms with Crippen LogP contribution in [0.1, 0.15) is 12.6 Å². The van der Waals surface area contributed by atoms with Crippen molar-refractivity contribution in [2.75, 3.05) is 17.7 Å². The molecule has 0 bridgehead atoms. The van der Waals surface area contributed by atoms with Crippen molar-refractivity contribution in [3.05, 3.63) is 35.3 Å². The number of nitrogens with one attached hydrogen (secondary N) is 1. The molecule has 0 fully saturated rings. The molecule has 19 heavy (non-hydrogen) atoms. The maximum Gasteiger partial charge on any atom is 0.223 e. The van der Waals surface area contributed by atoms with E-state index in [-0.39, 0.29) is 5.91 Å². The number of nitrogens with two attached hydrogens (primary N) is 1. The van der Waals surface area contributed by atoms with Gasteiger partial charge in [0, 0.05) is 24.4 Å². The zero-order chi connectivity index (χ0) is 13.7. The third-order valence-electron chi connectivity index (χ3n) is 2.34. The number of thiazole rings is 1. The minimum Gasteiger partial charge on any atom is -0.493 e. The number of rotatable bonds is 5. The summed E-state index contributed by atoms with van der Waals surface area (Å²) in [5, 5.41) is 5.19. The minimum absolute atomic E-state index is 0.112. The second kappa shape index (κ2) is 6.19. The van der Waals surface area contributed by atoms with Crippen LogP contribution in [0.4, 0.5) is 10.8 Å². The average Bonchev–Trinajstić information content (AvgIpc) is 2.78. The standard InChI is InChI=1S/C13H15N3O2S/c1-9(17)15-13-16-11(8-19-13)6-7-18-12-4-2-10(14)3-5-12/h2-5,8H,6-7,14H2,1H3,(H,15,16,17). The Morgan fingerprint density at radius 3 is 2.84 bits per heavy atom. The molecule has 3 N–H and O–H groups in total. The van der Waals surface area contributed by atoms with Gasteiger partial charge in [-0.15, -0.1) is 11.3 Å². The van der Waals surface area contributed by atoms with Gasteiger partial charge in [0.2, 0.25) is 5.91 Å². The summed E-state index contributed by atoms with van der Waals surface area (Å²) in [6.45, 7) is 2.00. The maximum absolute atomic E-state index is 10.9. The van der Waals surface area contributed by atoms with Gasteiger partial charge in [-0.25, -0.2) is 4.98 Å². The van der Waals surface area contributed by atoms with Crippen LogP contribution in [0.15, 0.2) is 29.6 Å². The maximum atomic E-state index is 10.9. The van der Waals surface area contributed by atoms with Crippen molar-refractivity contribution in [2.24, 2.45) is 0 Å². The molecular weight excluding hydrogens is 262 g/mol. The Balaban J connectivity index is 1.80. The summed E-state index contributed by atoms with van der Waals surface area (Å²) >= 11 is 1.41. The van der Waals surface area contributed by atoms with Crippen LogP contribution in [0, 0.1) is 0 Å². The van der Waals surface area contributed by atoms with Crippen LogP contribution in [-0.4, -0.2) is 17.5 Å². The Hall–Kier alpha value is -2.08. The molecule has 100 valence electrons. The molecule has 0 aliphatic heterocycles. The van der Waals surface area contributed by atoms with Gasteiger partial charge in [0.15, 0.2) is 5.13 Å². The second-order valence-corrected chi connectivity index (χ2v) is 4.85. The van der Waals surface area contributed by atoms with E-state index in [9.17, 15) is 4.79 Å². The van der Waals surface area contributed by atoms with E-state index < -0.39 is 0 Å². The lowest BCUT2D eigenvalue weighted by molar-refractivity contribution is -0.114. The van der Waals surface area contributed by atoms with Gasteiger partial charge in [-0.3, -0.25) is 4.79 Å². The molecule has 0 atom stereocenters. The van der Waals surface area contributed by atoms with Crippen molar-refractivity contribution in [1.82, 2.24) is 4.98 Å². The molecule has 6 heteroatoms. The number of carbonyl (C=O) groups is 1. The molecule has 1 amide bonds. The van der Waals surface area contributed by atoms with Crippen molar-refractivity contribution >= 4 is 28.1 Å². The molecule has 0 radical (unpaired) electrons. The van der Waals surface area contributed by atoms with E-state index >= 15 is 0 Å². The molecule has 1 heterocycles. The van der Waals surface area contributed by atoms with Gasteiger partial charge in [0.1, 0.15) is 5.75 Å². The van der Waals surface area contributed by atoms with Crippen LogP contribution in [0.2, 0.25) is 0 Å². The normalized spacial score (nSPS) is 10.2. The predicted molar refractivity (Wildman–Crippen MR) is 76.5 cm³/mol. The summed E-state index contributed by atoms with van der Waals surface area (Å²) in [5.41, 5.74) is 7.21. The van der Waals surface area contributed by atoms with E-state index in [0.717, 1.165) is 11.4 Å². The van der Waals surface area contributed by atoms with Crippen molar-refractivity contribution in [3.8, 4) is 5.75 Å². The van der Waals surface area contributed by atoms with Gasteiger partial charge < -0.3 is 15.8 Å². The first kappa shape index (κ1) is 13.4. The number of nitrogens with zero attached hydrogens (tertiary/aromatic N) is 1. The Bertz CT molecular complexity index is 551. The fraction of sp³-hybridized carbons (Fsp3) is 0.231. The molecule has 5 nitrogen and oxygen atoms in total. The van der Waals surface area contributed by atoms with E-state index in [4.69, 9.17) is 10.5 Å². The van der Waals surface area contributed by atoms with Crippen LogP contribution < -0.4 is 15.8 Å². The SMILES string of the molecule is CC(=O)Nc1nc(CCOc2ccc(N)cc2)cs1. The third-order valence-corrected chi connectivity index (χ3v) is 3.15. The molecule has 0 aliphatic rings. The van der Waals surface area contributed by atoms with E-state index in [2.05, 4.69) is 10.3 Å². The Morgan fingerprint density at radius 2 is 2.16 bits per heavy atom. The Labute approximate surface area is 115 Å². The van der Waals surface area contributed by atoms with Crippen LogP contribution in [0.3, 0.4) is 0 Å². The molecule has 2 rings (SSSR count). The van der Waals surface area contributed by atoms with Crippen LogP contribution in [0.25, 0.3) is 0 Å². The van der Waals surface area contributed by atoms with Gasteiger partial charge in [-0.05, 0) is 24.3 Å². The zero-order valence-corrected chi connectivity index (χ0v) is 11.4. The highest BCUT2D eigenvalue weighted by Crippen LogP contribution is 2.17. The molecule has 2 aromatic rings. The highest BCUT2D eigenvalue weighted by atomic mass is 32.1. The Morgan fingerprint density at radius 1 is 1.42 bits per heavy atom. The van der Waals surface area contributed by atoms with E-state index in [1.807, 2.05) is 17.5 Å². The molecule has 0 spiro atoms. The number of amides is 1. The van der Waals surface area contributed by atoms with E-state index in [1.54, 1.807) is 12.1 Å². The first-order valence-electron chi connectivity index (χ1n) is 5.84. The number of hydrogen-bond donors (Lipinski definition) is 2. The molecule has 1 aromatic carbocycles. The summed E-state index contributed by atoms with van der Waals surface area (Å²) in [6.07, 6.45) is 0.695. The molecule has 1 aromatic heterocycles. The van der Waals surface area contributed by atoms with Crippen molar-refractivity contribution < 1.29 is 9.53 Å². The van der Waals surface area contributed by atoms with Crippen LogP contribution in [-0.2, 0) is 11.2 Å². The van der Waals surface area contributed by atoms with Gasteiger partial charge in [-0.2, -0.15) is 0 Å². The number of benzene rings is 1. The van der Waals surface area contributed by atoms with Gasteiger partial charge in [0.25, 0.3) is 0 Å². The molecule has 0 saturated heterocycles. The first-order chi connectivity index (χ1) is 9.13. The number of ether oxygens (including phenoxy) is 1. The lowest BCUT2D eigenvalue weighted by Gasteiger charge is -2.04. The highest BCUT2D eigenvalue weighted by molar-refractivity contribution is 7.13. The number of nitrogen functional groups attached to an aromatic ring is 1. The average molecular weight is 277 g/mol. The summed E-state index contributed by atoms with van der Waals surface area (Å²) in [4.78, 5) is 15.2. The van der Waals surface area contributed by atoms with Gasteiger partial charge >= 0.3 is 0 Å². The van der Waals surface area contributed by atoms with E-state index in [1.165, 1.54) is 18.3 Å². The van der Waals surface area contributed by atoms with Gasteiger partial charge in [0.05, 0.1) is 12.3 Å². The monoisotopic (exact) mass is 277 g/mol. The van der Waals surface area contributed by atoms with Crippen LogP contribution >= 0.6 is 11.3 Å². The summed E-state index contributed by atoms with van der Waals surface area (Å²) < 4.78 is 5.58.